The highest BCUT2D eigenvalue weighted by Crippen LogP contribution is 2.40. The van der Waals surface area contributed by atoms with E-state index in [-0.39, 0.29) is 59.1 Å². The molecule has 7 unspecified atom stereocenters. The number of carbonyl (C=O) groups is 2. The predicted molar refractivity (Wildman–Crippen MR) is 225 cm³/mol. The molecular weight excluding hydrogens is 803 g/mol. The second-order valence-electron chi connectivity index (χ2n) is 16.2. The zero-order chi connectivity index (χ0) is 43.7. The molecule has 3 aromatic carbocycles. The van der Waals surface area contributed by atoms with Crippen molar-refractivity contribution in [2.75, 3.05) is 19.8 Å². The fourth-order valence-corrected chi connectivity index (χ4v) is 8.66. The molecule has 0 amide bonds. The number of carbonyl (C=O) groups excluding carboxylic acids is 1. The van der Waals surface area contributed by atoms with Crippen LogP contribution >= 0.6 is 0 Å². The molecule has 4 heterocycles. The van der Waals surface area contributed by atoms with Crippen LogP contribution < -0.4 is 15.5 Å². The molecule has 0 spiro atoms. The average molecular weight is 852 g/mol. The van der Waals surface area contributed by atoms with E-state index in [4.69, 9.17) is 23.5 Å². The van der Waals surface area contributed by atoms with Crippen LogP contribution in [-0.4, -0.2) is 111 Å². The van der Waals surface area contributed by atoms with Gasteiger partial charge in [0.25, 0.3) is 0 Å². The topological polar surface area (TPSA) is 230 Å². The van der Waals surface area contributed by atoms with E-state index in [0.29, 0.717) is 17.0 Å². The number of aliphatic hydroxyl groups is 3. The second kappa shape index (κ2) is 18.2. The van der Waals surface area contributed by atoms with Crippen LogP contribution in [0.1, 0.15) is 48.8 Å². The largest absolute Gasteiger partial charge is 0.508 e. The monoisotopic (exact) mass is 851 g/mol. The van der Waals surface area contributed by atoms with E-state index in [1.54, 1.807) is 23.4 Å². The summed E-state index contributed by atoms with van der Waals surface area (Å²) < 4.78 is 24.0. The molecule has 1 aliphatic carbocycles. The first-order chi connectivity index (χ1) is 29.9. The number of carboxylic acids is 1. The lowest BCUT2D eigenvalue weighted by atomic mass is 9.95. The van der Waals surface area contributed by atoms with Crippen LogP contribution in [0.2, 0.25) is 0 Å². The summed E-state index contributed by atoms with van der Waals surface area (Å²) in [5.41, 5.74) is 5.61. The van der Waals surface area contributed by atoms with E-state index >= 15 is 0 Å². The fourth-order valence-electron chi connectivity index (χ4n) is 8.66. The molecule has 16 heteroatoms. The van der Waals surface area contributed by atoms with Gasteiger partial charge in [0.2, 0.25) is 6.29 Å². The molecule has 2 fully saturated rings. The molecule has 1 saturated carbocycles. The van der Waals surface area contributed by atoms with E-state index in [9.17, 15) is 39.9 Å². The summed E-state index contributed by atoms with van der Waals surface area (Å²) in [4.78, 5) is 50.7. The minimum Gasteiger partial charge on any atom is -0.508 e. The number of benzene rings is 3. The molecule has 7 atom stereocenters. The number of phenolic OH excluding ortho intramolecular Hbond substituents is 1. The van der Waals surface area contributed by atoms with Gasteiger partial charge in [0, 0.05) is 42.1 Å². The molecule has 4 aromatic rings. The van der Waals surface area contributed by atoms with E-state index < -0.39 is 61.2 Å². The average Bonchev–Trinajstić information content (AvgIpc) is 3.99. The van der Waals surface area contributed by atoms with E-state index in [1.807, 2.05) is 38.1 Å². The normalized spacial score (nSPS) is 23.4. The molecule has 1 aromatic heterocycles. The van der Waals surface area contributed by atoms with Gasteiger partial charge in [-0.25, -0.2) is 5.06 Å². The molecule has 326 valence electrons. The standard InChI is InChI=1S/C46H49N3O13/c1-24-17-25(2)19-28(18-24)39-38-27(13-15-47-38)21-49(39)62-43-42(54)41(53)36(23-59-45(57)37(44(55)56)34(14-16-50)48-29-5-3-4-6-29)61-46(43)60-31-11-12-32-35(20-31)58-22-33(40(32)52)26-7-9-30(51)10-8-26/h7-13,15,17-20,22,29,34,36-37,41-43,46,48,50-51,53-54H,3-6,14,16,21,23H2,1-2H3,(H,55,56). The zero-order valence-corrected chi connectivity index (χ0v) is 34.2. The fraction of sp³-hybridized carbons (Fsp3) is 0.391. The number of hydrogen-bond donors (Lipinski definition) is 6. The number of esters is 1. The number of aryl methyl sites for hydroxylation is 2. The highest BCUT2D eigenvalue weighted by atomic mass is 16.8. The molecule has 1 saturated heterocycles. The number of allylic oxidation sites excluding steroid dienone is 1. The van der Waals surface area contributed by atoms with Gasteiger partial charge in [0.1, 0.15) is 48.3 Å². The number of fused-ring (bicyclic) bond motifs is 2. The van der Waals surface area contributed by atoms with Crippen molar-refractivity contribution in [3.8, 4) is 22.6 Å². The number of nitrogens with one attached hydrogen (secondary N) is 1. The highest BCUT2D eigenvalue weighted by molar-refractivity contribution is 5.95. The summed E-state index contributed by atoms with van der Waals surface area (Å²) in [5, 5.41) is 58.0. The number of carboxylic acid groups (broad SMARTS) is 1. The van der Waals surface area contributed by atoms with Crippen molar-refractivity contribution in [1.82, 2.24) is 10.4 Å². The zero-order valence-electron chi connectivity index (χ0n) is 34.2. The van der Waals surface area contributed by atoms with Gasteiger partial charge >= 0.3 is 11.9 Å². The number of phenols is 1. The van der Waals surface area contributed by atoms with Crippen molar-refractivity contribution < 1.29 is 58.6 Å². The smallest absolute Gasteiger partial charge is 0.322 e. The molecule has 0 radical (unpaired) electrons. The van der Waals surface area contributed by atoms with Gasteiger partial charge in [-0.15, -0.1) is 0 Å². The Labute approximate surface area is 356 Å². The van der Waals surface area contributed by atoms with Crippen LogP contribution in [0.15, 0.2) is 98.5 Å². The van der Waals surface area contributed by atoms with Gasteiger partial charge in [0.15, 0.2) is 17.5 Å². The minimum absolute atomic E-state index is 0.0106. The number of nitrogens with zero attached hydrogens (tertiary/aromatic N) is 2. The summed E-state index contributed by atoms with van der Waals surface area (Å²) >= 11 is 0. The van der Waals surface area contributed by atoms with Gasteiger partial charge in [-0.3, -0.25) is 24.2 Å². The maximum atomic E-state index is 13.5. The summed E-state index contributed by atoms with van der Waals surface area (Å²) in [7, 11) is 0. The van der Waals surface area contributed by atoms with E-state index in [2.05, 4.69) is 10.3 Å². The molecular formula is C46H49N3O13. The van der Waals surface area contributed by atoms with Crippen LogP contribution in [0, 0.1) is 19.8 Å². The molecule has 62 heavy (non-hydrogen) atoms. The number of aliphatic hydroxyl groups excluding tert-OH is 3. The Morgan fingerprint density at radius 3 is 2.44 bits per heavy atom. The third-order valence-electron chi connectivity index (χ3n) is 11.7. The molecule has 8 rings (SSSR count). The summed E-state index contributed by atoms with van der Waals surface area (Å²) in [6, 6.07) is 15.7. The number of rotatable bonds is 15. The third-order valence-corrected chi connectivity index (χ3v) is 11.7. The van der Waals surface area contributed by atoms with Crippen LogP contribution in [0.5, 0.6) is 11.5 Å². The van der Waals surface area contributed by atoms with Gasteiger partial charge in [0.05, 0.1) is 28.9 Å². The summed E-state index contributed by atoms with van der Waals surface area (Å²) in [5.74, 6) is -4.06. The van der Waals surface area contributed by atoms with Crippen LogP contribution in [-0.2, 0) is 23.9 Å². The quantitative estimate of drug-likeness (QED) is 0.0730. The third kappa shape index (κ3) is 8.88. The molecule has 16 nitrogen and oxygen atoms in total. The number of aromatic hydroxyl groups is 1. The van der Waals surface area contributed by atoms with Crippen molar-refractivity contribution in [2.45, 2.75) is 88.7 Å². The first-order valence-corrected chi connectivity index (χ1v) is 20.7. The number of hydrogen-bond acceptors (Lipinski definition) is 15. The van der Waals surface area contributed by atoms with Crippen molar-refractivity contribution in [3.63, 3.8) is 0 Å². The molecule has 4 aliphatic rings. The molecule has 0 bridgehead atoms. The lowest BCUT2D eigenvalue weighted by molar-refractivity contribution is -0.323. The molecule has 6 N–H and O–H groups in total. The number of hydroxylamine groups is 2. The Morgan fingerprint density at radius 2 is 1.73 bits per heavy atom. The van der Waals surface area contributed by atoms with Crippen molar-refractivity contribution in [3.05, 3.63) is 111 Å². The maximum Gasteiger partial charge on any atom is 0.322 e. The SMILES string of the molecule is Cc1cc(C)cc(C2=C3N=CC=C3CN2OC2C(Oc3ccc4c(=O)c(-c5ccc(O)cc5)coc4c3)OC(COC(=O)C(C(=O)O)C(CCO)NC3CCCC3)C(O)C2O)c1. The lowest BCUT2D eigenvalue weighted by Gasteiger charge is -2.43. The minimum atomic E-state index is -1.72. The summed E-state index contributed by atoms with van der Waals surface area (Å²) in [6.45, 7) is 3.15. The number of aliphatic imine (C=N–C) groups is 1. The van der Waals surface area contributed by atoms with Crippen LogP contribution in [0.25, 0.3) is 27.8 Å². The Morgan fingerprint density at radius 1 is 0.984 bits per heavy atom. The summed E-state index contributed by atoms with van der Waals surface area (Å²) in [6.07, 6.45) is 0.607. The first kappa shape index (κ1) is 42.8. The number of aliphatic carboxylic acids is 1. The van der Waals surface area contributed by atoms with Crippen LogP contribution in [0.3, 0.4) is 0 Å². The Kier molecular flexibility index (Phi) is 12.6. The van der Waals surface area contributed by atoms with Gasteiger partial charge in [-0.1, -0.05) is 42.2 Å². The van der Waals surface area contributed by atoms with Gasteiger partial charge < -0.3 is 49.5 Å². The Balaban J connectivity index is 1.08. The van der Waals surface area contributed by atoms with E-state index in [0.717, 1.165) is 47.9 Å². The van der Waals surface area contributed by atoms with Crippen molar-refractivity contribution in [2.24, 2.45) is 10.9 Å². The van der Waals surface area contributed by atoms with Crippen LogP contribution in [0.4, 0.5) is 0 Å². The molecule has 3 aliphatic heterocycles. The lowest BCUT2D eigenvalue weighted by Crippen LogP contribution is -2.62. The predicted octanol–water partition coefficient (Wildman–Crippen LogP) is 4.13. The van der Waals surface area contributed by atoms with Gasteiger partial charge in [-0.2, -0.15) is 0 Å². The first-order valence-electron chi connectivity index (χ1n) is 20.7. The van der Waals surface area contributed by atoms with Crippen molar-refractivity contribution >= 4 is 34.8 Å². The Hall–Kier alpha value is -5.88. The van der Waals surface area contributed by atoms with E-state index in [1.165, 1.54) is 36.6 Å². The van der Waals surface area contributed by atoms with Gasteiger partial charge in [-0.05, 0) is 81.1 Å². The maximum absolute atomic E-state index is 13.5. The highest BCUT2D eigenvalue weighted by Gasteiger charge is 2.50. The number of ether oxygens (including phenoxy) is 3. The van der Waals surface area contributed by atoms with Crippen molar-refractivity contribution in [1.29, 1.82) is 0 Å². The second-order valence-corrected chi connectivity index (χ2v) is 16.2. The Bertz CT molecular complexity index is 2450.